The average Bonchev–Trinajstić information content (AvgIpc) is 3.24. The highest BCUT2D eigenvalue weighted by Gasteiger charge is 2.32. The summed E-state index contributed by atoms with van der Waals surface area (Å²) < 4.78 is 7.89. The first kappa shape index (κ1) is 11.9. The van der Waals surface area contributed by atoms with E-state index in [1.807, 2.05) is 4.68 Å². The van der Waals surface area contributed by atoms with E-state index in [1.54, 1.807) is 0 Å². The number of hydrogen-bond donors (Lipinski definition) is 1. The van der Waals surface area contributed by atoms with Crippen LogP contribution in [0, 0.1) is 0 Å². The number of aromatic nitrogens is 3. The van der Waals surface area contributed by atoms with Crippen LogP contribution in [0.2, 0.25) is 0 Å². The molecule has 1 aliphatic heterocycles. The van der Waals surface area contributed by atoms with Crippen LogP contribution in [0.1, 0.15) is 41.7 Å². The molecule has 2 N–H and O–H groups in total. The number of nitrogen functional groups attached to an aromatic ring is 1. The zero-order valence-corrected chi connectivity index (χ0v) is 11.3. The fourth-order valence-electron chi connectivity index (χ4n) is 3.03. The summed E-state index contributed by atoms with van der Waals surface area (Å²) in [6.07, 6.45) is 3.43. The van der Waals surface area contributed by atoms with Gasteiger partial charge in [0.2, 0.25) is 0 Å². The lowest BCUT2D eigenvalue weighted by atomic mass is 9.97. The van der Waals surface area contributed by atoms with Crippen molar-refractivity contribution in [1.29, 1.82) is 0 Å². The Balaban J connectivity index is 1.64. The van der Waals surface area contributed by atoms with E-state index < -0.39 is 0 Å². The summed E-state index contributed by atoms with van der Waals surface area (Å²) in [4.78, 5) is 0. The van der Waals surface area contributed by atoms with Gasteiger partial charge in [-0.25, -0.2) is 4.68 Å². The summed E-state index contributed by atoms with van der Waals surface area (Å²) >= 11 is 0. The zero-order chi connectivity index (χ0) is 13.5. The molecule has 2 heterocycles. The second-order valence-corrected chi connectivity index (χ2v) is 5.62. The molecule has 5 nitrogen and oxygen atoms in total. The van der Waals surface area contributed by atoms with Crippen LogP contribution < -0.4 is 5.73 Å². The van der Waals surface area contributed by atoms with Gasteiger partial charge in [-0.2, -0.15) is 0 Å². The van der Waals surface area contributed by atoms with Gasteiger partial charge in [0, 0.05) is 5.92 Å². The minimum Gasteiger partial charge on any atom is -0.381 e. The third-order valence-electron chi connectivity index (χ3n) is 4.20. The predicted molar refractivity (Wildman–Crippen MR) is 75.2 cm³/mol. The highest BCUT2D eigenvalue weighted by molar-refractivity contribution is 5.38. The van der Waals surface area contributed by atoms with Crippen LogP contribution >= 0.6 is 0 Å². The lowest BCUT2D eigenvalue weighted by molar-refractivity contribution is 0.0274. The van der Waals surface area contributed by atoms with Crippen molar-refractivity contribution in [3.63, 3.8) is 0 Å². The monoisotopic (exact) mass is 270 g/mol. The topological polar surface area (TPSA) is 66.0 Å². The number of fused-ring (bicyclic) bond motifs is 1. The normalized spacial score (nSPS) is 21.7. The van der Waals surface area contributed by atoms with E-state index in [-0.39, 0.29) is 6.10 Å². The third-order valence-corrected chi connectivity index (χ3v) is 4.20. The molecule has 4 rings (SSSR count). The number of nitrogens with zero attached hydrogens (tertiary/aromatic N) is 3. The number of hydrogen-bond acceptors (Lipinski definition) is 4. The van der Waals surface area contributed by atoms with E-state index >= 15 is 0 Å². The van der Waals surface area contributed by atoms with Crippen molar-refractivity contribution in [3.05, 3.63) is 41.1 Å². The molecule has 0 amide bonds. The molecule has 0 saturated heterocycles. The molecular weight excluding hydrogens is 252 g/mol. The van der Waals surface area contributed by atoms with Gasteiger partial charge in [-0.1, -0.05) is 29.5 Å². The largest absolute Gasteiger partial charge is 0.381 e. The number of nitrogens with two attached hydrogens (primary N) is 1. The van der Waals surface area contributed by atoms with Gasteiger partial charge < -0.3 is 10.5 Å². The molecule has 0 radical (unpaired) electrons. The van der Waals surface area contributed by atoms with Crippen molar-refractivity contribution in [3.8, 4) is 0 Å². The first-order valence-corrected chi connectivity index (χ1v) is 7.21. The SMILES string of the molecule is Nc1nnn(CC2OCCc3ccccc32)c1C1CC1. The smallest absolute Gasteiger partial charge is 0.169 e. The van der Waals surface area contributed by atoms with Gasteiger partial charge in [-0.3, -0.25) is 0 Å². The fourth-order valence-corrected chi connectivity index (χ4v) is 3.03. The Labute approximate surface area is 117 Å². The molecule has 1 unspecified atom stereocenters. The van der Waals surface area contributed by atoms with Gasteiger partial charge in [0.25, 0.3) is 0 Å². The first-order valence-electron chi connectivity index (χ1n) is 7.21. The standard InChI is InChI=1S/C15H18N4O/c16-15-14(11-5-6-11)19(18-17-15)9-13-12-4-2-1-3-10(12)7-8-20-13/h1-4,11,13H,5-9,16H2. The molecule has 104 valence electrons. The van der Waals surface area contributed by atoms with Crippen LogP contribution in [-0.4, -0.2) is 21.6 Å². The van der Waals surface area contributed by atoms with E-state index in [4.69, 9.17) is 10.5 Å². The molecule has 20 heavy (non-hydrogen) atoms. The van der Waals surface area contributed by atoms with Gasteiger partial charge in [-0.05, 0) is 30.4 Å². The van der Waals surface area contributed by atoms with Gasteiger partial charge in [0.15, 0.2) is 5.82 Å². The summed E-state index contributed by atoms with van der Waals surface area (Å²) in [5, 5.41) is 8.24. The molecule has 5 heteroatoms. The van der Waals surface area contributed by atoms with Crippen molar-refractivity contribution >= 4 is 5.82 Å². The van der Waals surface area contributed by atoms with Gasteiger partial charge in [-0.15, -0.1) is 5.10 Å². The lowest BCUT2D eigenvalue weighted by Crippen LogP contribution is -2.22. The third kappa shape index (κ3) is 1.98. The van der Waals surface area contributed by atoms with Crippen LogP contribution in [0.3, 0.4) is 0 Å². The van der Waals surface area contributed by atoms with E-state index in [9.17, 15) is 0 Å². The quantitative estimate of drug-likeness (QED) is 0.927. The molecule has 1 aromatic carbocycles. The Kier molecular flexibility index (Phi) is 2.73. The number of anilines is 1. The highest BCUT2D eigenvalue weighted by Crippen LogP contribution is 2.42. The molecular formula is C15H18N4O. The molecule has 1 atom stereocenters. The second-order valence-electron chi connectivity index (χ2n) is 5.62. The van der Waals surface area contributed by atoms with Crippen LogP contribution in [-0.2, 0) is 17.7 Å². The molecule has 1 saturated carbocycles. The Morgan fingerprint density at radius 3 is 3.00 bits per heavy atom. The molecule has 0 spiro atoms. The lowest BCUT2D eigenvalue weighted by Gasteiger charge is -2.26. The van der Waals surface area contributed by atoms with Crippen molar-refractivity contribution in [1.82, 2.24) is 15.0 Å². The molecule has 1 aromatic heterocycles. The van der Waals surface area contributed by atoms with Gasteiger partial charge in [0.1, 0.15) is 6.10 Å². The first-order chi connectivity index (χ1) is 9.83. The van der Waals surface area contributed by atoms with Gasteiger partial charge in [0.05, 0.1) is 18.8 Å². The Morgan fingerprint density at radius 2 is 2.15 bits per heavy atom. The van der Waals surface area contributed by atoms with Crippen LogP contribution in [0.25, 0.3) is 0 Å². The summed E-state index contributed by atoms with van der Waals surface area (Å²) in [5.41, 5.74) is 9.69. The van der Waals surface area contributed by atoms with Crippen molar-refractivity contribution in [2.45, 2.75) is 37.8 Å². The summed E-state index contributed by atoms with van der Waals surface area (Å²) in [6, 6.07) is 8.49. The summed E-state index contributed by atoms with van der Waals surface area (Å²) in [5.74, 6) is 1.13. The maximum absolute atomic E-state index is 5.95. The van der Waals surface area contributed by atoms with Crippen molar-refractivity contribution in [2.24, 2.45) is 0 Å². The molecule has 2 aliphatic rings. The van der Waals surface area contributed by atoms with E-state index in [1.165, 1.54) is 24.0 Å². The molecule has 0 bridgehead atoms. The molecule has 2 aromatic rings. The summed E-state index contributed by atoms with van der Waals surface area (Å²) in [7, 11) is 0. The Bertz CT molecular complexity index is 633. The number of benzene rings is 1. The van der Waals surface area contributed by atoms with Gasteiger partial charge >= 0.3 is 0 Å². The second kappa shape index (κ2) is 4.59. The average molecular weight is 270 g/mol. The van der Waals surface area contributed by atoms with Crippen LogP contribution in [0.5, 0.6) is 0 Å². The van der Waals surface area contributed by atoms with E-state index in [2.05, 4.69) is 34.6 Å². The Morgan fingerprint density at radius 1 is 1.30 bits per heavy atom. The van der Waals surface area contributed by atoms with E-state index in [0.29, 0.717) is 18.3 Å². The van der Waals surface area contributed by atoms with E-state index in [0.717, 1.165) is 18.7 Å². The molecule has 1 fully saturated rings. The fraction of sp³-hybridized carbons (Fsp3) is 0.467. The number of ether oxygens (including phenoxy) is 1. The number of rotatable bonds is 3. The minimum atomic E-state index is 0.0542. The van der Waals surface area contributed by atoms with Crippen molar-refractivity contribution < 1.29 is 4.74 Å². The van der Waals surface area contributed by atoms with Crippen LogP contribution in [0.4, 0.5) is 5.82 Å². The highest BCUT2D eigenvalue weighted by atomic mass is 16.5. The maximum atomic E-state index is 5.95. The zero-order valence-electron chi connectivity index (χ0n) is 11.3. The minimum absolute atomic E-state index is 0.0542. The summed E-state index contributed by atoms with van der Waals surface area (Å²) in [6.45, 7) is 1.47. The van der Waals surface area contributed by atoms with Crippen LogP contribution in [0.15, 0.2) is 24.3 Å². The predicted octanol–water partition coefficient (Wildman–Crippen LogP) is 2.05. The Hall–Kier alpha value is -1.88. The molecule has 1 aliphatic carbocycles. The van der Waals surface area contributed by atoms with Crippen molar-refractivity contribution in [2.75, 3.05) is 12.3 Å². The maximum Gasteiger partial charge on any atom is 0.169 e.